The van der Waals surface area contributed by atoms with Crippen LogP contribution in [0.15, 0.2) is 59.6 Å². The lowest BCUT2D eigenvalue weighted by atomic mass is 10.1. The Morgan fingerprint density at radius 1 is 1.03 bits per heavy atom. The fraction of sp³-hybridized carbons (Fsp3) is 0.174. The van der Waals surface area contributed by atoms with Gasteiger partial charge in [0, 0.05) is 17.6 Å². The summed E-state index contributed by atoms with van der Waals surface area (Å²) < 4.78 is 2.04. The molecule has 0 bridgehead atoms. The molecule has 1 aromatic carbocycles. The Morgan fingerprint density at radius 3 is 2.48 bits per heavy atom. The van der Waals surface area contributed by atoms with Crippen LogP contribution in [-0.4, -0.2) is 25.6 Å². The Morgan fingerprint density at radius 2 is 1.79 bits per heavy atom. The minimum Gasteiger partial charge on any atom is -0.303 e. The van der Waals surface area contributed by atoms with E-state index in [1.807, 2.05) is 79.9 Å². The summed E-state index contributed by atoms with van der Waals surface area (Å²) in [5.41, 5.74) is 4.99. The second kappa shape index (κ2) is 7.72. The molecule has 0 saturated carbocycles. The summed E-state index contributed by atoms with van der Waals surface area (Å²) in [5.74, 6) is 0.581. The molecule has 29 heavy (non-hydrogen) atoms. The monoisotopic (exact) mass is 403 g/mol. The Balaban J connectivity index is 1.62. The Labute approximate surface area is 174 Å². The molecular weight excluding hydrogens is 382 g/mol. The van der Waals surface area contributed by atoms with Crippen LogP contribution in [-0.2, 0) is 11.3 Å². The SMILES string of the molecule is Cc1ccc(CN2C(=O)S/C(=C\c3cc(C)n(-c4ccccn4)c3C)C2=O)cc1. The molecule has 6 heteroatoms. The maximum atomic E-state index is 12.9. The first-order valence-corrected chi connectivity index (χ1v) is 10.2. The number of carbonyl (C=O) groups is 2. The molecular formula is C23H21N3O2S. The fourth-order valence-corrected chi connectivity index (χ4v) is 4.26. The van der Waals surface area contributed by atoms with Gasteiger partial charge in [0.25, 0.3) is 11.1 Å². The first kappa shape index (κ1) is 19.2. The van der Waals surface area contributed by atoms with Gasteiger partial charge in [0.2, 0.25) is 0 Å². The molecule has 0 aliphatic carbocycles. The van der Waals surface area contributed by atoms with Crippen molar-refractivity contribution in [1.29, 1.82) is 0 Å². The first-order valence-electron chi connectivity index (χ1n) is 9.35. The number of pyridine rings is 1. The molecule has 0 radical (unpaired) electrons. The summed E-state index contributed by atoms with van der Waals surface area (Å²) in [6.07, 6.45) is 3.56. The minimum atomic E-state index is -0.247. The van der Waals surface area contributed by atoms with Gasteiger partial charge in [-0.25, -0.2) is 4.98 Å². The van der Waals surface area contributed by atoms with Crippen LogP contribution in [0.1, 0.15) is 28.1 Å². The molecule has 2 aromatic heterocycles. The van der Waals surface area contributed by atoms with E-state index in [2.05, 4.69) is 4.98 Å². The highest BCUT2D eigenvalue weighted by atomic mass is 32.2. The van der Waals surface area contributed by atoms with Crippen LogP contribution in [0.4, 0.5) is 4.79 Å². The van der Waals surface area contributed by atoms with Crippen molar-refractivity contribution in [2.75, 3.05) is 0 Å². The van der Waals surface area contributed by atoms with Gasteiger partial charge in [-0.05, 0) is 67.9 Å². The van der Waals surface area contributed by atoms with E-state index in [4.69, 9.17) is 0 Å². The first-order chi connectivity index (χ1) is 13.9. The number of benzene rings is 1. The highest BCUT2D eigenvalue weighted by molar-refractivity contribution is 8.18. The normalized spacial score (nSPS) is 15.6. The maximum Gasteiger partial charge on any atom is 0.293 e. The van der Waals surface area contributed by atoms with Crippen molar-refractivity contribution in [2.24, 2.45) is 0 Å². The third-order valence-electron chi connectivity index (χ3n) is 4.97. The van der Waals surface area contributed by atoms with Crippen molar-refractivity contribution in [3.8, 4) is 5.82 Å². The Bertz CT molecular complexity index is 1120. The van der Waals surface area contributed by atoms with Gasteiger partial charge in [0.15, 0.2) is 0 Å². The van der Waals surface area contributed by atoms with Gasteiger partial charge in [-0.2, -0.15) is 0 Å². The molecule has 1 aliphatic heterocycles. The van der Waals surface area contributed by atoms with Gasteiger partial charge >= 0.3 is 0 Å². The van der Waals surface area contributed by atoms with Crippen molar-refractivity contribution >= 4 is 29.0 Å². The largest absolute Gasteiger partial charge is 0.303 e. The number of aromatic nitrogens is 2. The van der Waals surface area contributed by atoms with Crippen LogP contribution in [0.3, 0.4) is 0 Å². The summed E-state index contributed by atoms with van der Waals surface area (Å²) in [7, 11) is 0. The van der Waals surface area contributed by atoms with Gasteiger partial charge < -0.3 is 4.57 Å². The average molecular weight is 404 g/mol. The number of thioether (sulfide) groups is 1. The zero-order chi connectivity index (χ0) is 20.5. The molecule has 0 spiro atoms. The molecule has 0 N–H and O–H groups in total. The van der Waals surface area contributed by atoms with E-state index in [-0.39, 0.29) is 17.7 Å². The Hall–Kier alpha value is -3.12. The second-order valence-electron chi connectivity index (χ2n) is 7.10. The summed E-state index contributed by atoms with van der Waals surface area (Å²) in [5, 5.41) is -0.236. The molecule has 2 amide bonds. The lowest BCUT2D eigenvalue weighted by molar-refractivity contribution is -0.123. The molecule has 1 aliphatic rings. The molecule has 4 rings (SSSR count). The smallest absolute Gasteiger partial charge is 0.293 e. The molecule has 5 nitrogen and oxygen atoms in total. The molecule has 3 aromatic rings. The van der Waals surface area contributed by atoms with Crippen LogP contribution in [0.2, 0.25) is 0 Å². The van der Waals surface area contributed by atoms with Gasteiger partial charge in [0.05, 0.1) is 11.4 Å². The molecule has 1 fully saturated rings. The third kappa shape index (κ3) is 3.76. The predicted octanol–water partition coefficient (Wildman–Crippen LogP) is 5.03. The van der Waals surface area contributed by atoms with E-state index in [1.165, 1.54) is 4.90 Å². The molecule has 0 atom stereocenters. The minimum absolute atomic E-state index is 0.236. The highest BCUT2D eigenvalue weighted by Gasteiger charge is 2.35. The van der Waals surface area contributed by atoms with E-state index in [0.29, 0.717) is 4.91 Å². The number of aryl methyl sites for hydroxylation is 2. The standard InChI is InChI=1S/C23H21N3O2S/c1-15-7-9-18(10-8-15)14-25-22(27)20(29-23(25)28)13-19-12-16(2)26(17(19)3)21-6-4-5-11-24-21/h4-13H,14H2,1-3H3/b20-13-. The van der Waals surface area contributed by atoms with Crippen LogP contribution in [0, 0.1) is 20.8 Å². The van der Waals surface area contributed by atoms with E-state index < -0.39 is 0 Å². The van der Waals surface area contributed by atoms with Gasteiger partial charge in [-0.1, -0.05) is 35.9 Å². The molecule has 146 valence electrons. The van der Waals surface area contributed by atoms with Crippen molar-refractivity contribution < 1.29 is 9.59 Å². The number of carbonyl (C=O) groups excluding carboxylic acids is 2. The van der Waals surface area contributed by atoms with Crippen LogP contribution in [0.25, 0.3) is 11.9 Å². The number of hydrogen-bond donors (Lipinski definition) is 0. The van der Waals surface area contributed by atoms with Crippen molar-refractivity contribution in [3.05, 3.63) is 87.7 Å². The number of amides is 2. The average Bonchev–Trinajstić information content (AvgIpc) is 3.14. The molecule has 3 heterocycles. The zero-order valence-electron chi connectivity index (χ0n) is 16.5. The number of imide groups is 1. The quantitative estimate of drug-likeness (QED) is 0.573. The van der Waals surface area contributed by atoms with Gasteiger partial charge in [-0.15, -0.1) is 0 Å². The number of nitrogens with zero attached hydrogens (tertiary/aromatic N) is 3. The van der Waals surface area contributed by atoms with Crippen molar-refractivity contribution in [3.63, 3.8) is 0 Å². The van der Waals surface area contributed by atoms with E-state index in [9.17, 15) is 9.59 Å². The lowest BCUT2D eigenvalue weighted by Crippen LogP contribution is -2.27. The topological polar surface area (TPSA) is 55.2 Å². The zero-order valence-corrected chi connectivity index (χ0v) is 17.4. The summed E-state index contributed by atoms with van der Waals surface area (Å²) in [6, 6.07) is 15.6. The van der Waals surface area contributed by atoms with Crippen LogP contribution >= 0.6 is 11.8 Å². The van der Waals surface area contributed by atoms with Crippen molar-refractivity contribution in [2.45, 2.75) is 27.3 Å². The van der Waals surface area contributed by atoms with E-state index in [0.717, 1.165) is 45.7 Å². The third-order valence-corrected chi connectivity index (χ3v) is 5.88. The summed E-state index contributed by atoms with van der Waals surface area (Å²) >= 11 is 0.992. The summed E-state index contributed by atoms with van der Waals surface area (Å²) in [6.45, 7) is 6.29. The van der Waals surface area contributed by atoms with Crippen molar-refractivity contribution in [1.82, 2.24) is 14.5 Å². The Kier molecular flexibility index (Phi) is 5.11. The summed E-state index contributed by atoms with van der Waals surface area (Å²) in [4.78, 5) is 31.5. The van der Waals surface area contributed by atoms with E-state index >= 15 is 0 Å². The molecule has 1 saturated heterocycles. The van der Waals surface area contributed by atoms with Gasteiger partial charge in [0.1, 0.15) is 5.82 Å². The molecule has 0 unspecified atom stereocenters. The lowest BCUT2D eigenvalue weighted by Gasteiger charge is -2.12. The highest BCUT2D eigenvalue weighted by Crippen LogP contribution is 2.34. The maximum absolute atomic E-state index is 12.9. The van der Waals surface area contributed by atoms with Crippen LogP contribution < -0.4 is 0 Å². The van der Waals surface area contributed by atoms with Crippen LogP contribution in [0.5, 0.6) is 0 Å². The number of rotatable bonds is 4. The van der Waals surface area contributed by atoms with E-state index in [1.54, 1.807) is 6.20 Å². The number of hydrogen-bond acceptors (Lipinski definition) is 4. The fourth-order valence-electron chi connectivity index (χ4n) is 3.43. The predicted molar refractivity (Wildman–Crippen MR) is 116 cm³/mol. The van der Waals surface area contributed by atoms with Gasteiger partial charge in [-0.3, -0.25) is 14.5 Å². The second-order valence-corrected chi connectivity index (χ2v) is 8.10.